The average Bonchev–Trinajstić information content (AvgIpc) is 2.49. The molecule has 0 unspecified atom stereocenters. The monoisotopic (exact) mass is 452 g/mol. The van der Waals surface area contributed by atoms with Crippen LogP contribution in [-0.4, -0.2) is 16.1 Å². The molecule has 0 aliphatic carbocycles. The molecule has 0 saturated carbocycles. The number of phenolic OH excluding ortho intramolecular Hbond substituents is 1. The van der Waals surface area contributed by atoms with Gasteiger partial charge in [0.15, 0.2) is 0 Å². The number of nitrogens with zero attached hydrogens (tertiary/aromatic N) is 2. The van der Waals surface area contributed by atoms with Crippen molar-refractivity contribution in [1.29, 1.82) is 0 Å². The zero-order valence-corrected chi connectivity index (χ0v) is 18.0. The molecule has 0 atom stereocenters. The van der Waals surface area contributed by atoms with Gasteiger partial charge in [0.25, 0.3) is 0 Å². The van der Waals surface area contributed by atoms with Crippen LogP contribution in [-0.2, 0) is 50.6 Å². The summed E-state index contributed by atoms with van der Waals surface area (Å²) < 4.78 is 0.975. The summed E-state index contributed by atoms with van der Waals surface area (Å²) in [5.74, 6) is 0.248. The molecule has 0 aliphatic heterocycles. The average molecular weight is 453 g/mol. The fourth-order valence-corrected chi connectivity index (χ4v) is 2.82. The van der Waals surface area contributed by atoms with Gasteiger partial charge in [-0.05, 0) is 45.6 Å². The van der Waals surface area contributed by atoms with Crippen LogP contribution in [0.1, 0.15) is 32.0 Å². The van der Waals surface area contributed by atoms with E-state index in [1.807, 2.05) is 26.0 Å². The second-order valence-corrected chi connectivity index (χ2v) is 6.13. The van der Waals surface area contributed by atoms with Gasteiger partial charge in [-0.25, -0.2) is 0 Å². The molecule has 4 nitrogen and oxygen atoms in total. The minimum absolute atomic E-state index is 0. The third kappa shape index (κ3) is 5.61. The smallest absolute Gasteiger partial charge is 0.115 e. The van der Waals surface area contributed by atoms with E-state index in [1.54, 1.807) is 18.3 Å². The molecule has 23 heavy (non-hydrogen) atoms. The van der Waals surface area contributed by atoms with Crippen LogP contribution in [0.2, 0.25) is 0 Å². The van der Waals surface area contributed by atoms with Crippen LogP contribution >= 0.6 is 15.9 Å². The van der Waals surface area contributed by atoms with Gasteiger partial charge in [-0.3, -0.25) is 4.98 Å². The van der Waals surface area contributed by atoms with Crippen molar-refractivity contribution in [3.8, 4) is 16.9 Å². The van der Waals surface area contributed by atoms with Gasteiger partial charge in [-0.1, -0.05) is 32.9 Å². The van der Waals surface area contributed by atoms with Crippen LogP contribution in [0.25, 0.3) is 16.6 Å². The second kappa shape index (κ2) is 9.85. The van der Waals surface area contributed by atoms with Crippen LogP contribution < -0.4 is 0 Å². The quantitative estimate of drug-likeness (QED) is 0.628. The van der Waals surface area contributed by atoms with Gasteiger partial charge in [0.2, 0.25) is 0 Å². The van der Waals surface area contributed by atoms with Gasteiger partial charge in [0, 0.05) is 48.9 Å². The molecule has 2 aromatic rings. The molecule has 0 saturated heterocycles. The SMILES string of the molecule is CCc1c(Br)cnc(CO[N-]C(C)C)c1-c1ccc(O)cc1.[Y]. The molecular weight excluding hydrogens is 433 g/mol. The zero-order chi connectivity index (χ0) is 16.1. The van der Waals surface area contributed by atoms with Gasteiger partial charge in [0.1, 0.15) is 5.75 Å². The van der Waals surface area contributed by atoms with E-state index < -0.39 is 0 Å². The number of aromatic nitrogens is 1. The Labute approximate surface area is 171 Å². The molecule has 1 aromatic heterocycles. The number of phenols is 1. The number of pyridine rings is 1. The number of benzene rings is 1. The fourth-order valence-electron chi connectivity index (χ4n) is 2.24. The summed E-state index contributed by atoms with van der Waals surface area (Å²) >= 11 is 3.57. The van der Waals surface area contributed by atoms with E-state index >= 15 is 0 Å². The minimum atomic E-state index is 0. The van der Waals surface area contributed by atoms with Crippen LogP contribution in [0.4, 0.5) is 0 Å². The standard InChI is InChI=1S/C17H20BrN2O2.Y/c1-4-14-15(18)9-19-16(10-22-20-11(2)3)17(14)12-5-7-13(21)8-6-12;/h5-9,11,21H,4,10H2,1-3H3;/q-1;. The first-order chi connectivity index (χ1) is 10.5. The number of halogens is 1. The third-order valence-electron chi connectivity index (χ3n) is 3.21. The summed E-state index contributed by atoms with van der Waals surface area (Å²) in [5, 5.41) is 9.49. The van der Waals surface area contributed by atoms with E-state index in [4.69, 9.17) is 4.84 Å². The molecular formula is C17H20BrN2O2Y-. The van der Waals surface area contributed by atoms with E-state index in [1.165, 1.54) is 5.56 Å². The molecule has 1 heterocycles. The third-order valence-corrected chi connectivity index (χ3v) is 3.89. The number of hydrogen-bond donors (Lipinski definition) is 1. The van der Waals surface area contributed by atoms with E-state index in [-0.39, 0.29) is 44.5 Å². The number of hydroxylamine groups is 1. The molecule has 0 amide bonds. The Hall–Kier alpha value is -0.326. The van der Waals surface area contributed by atoms with Gasteiger partial charge in [0.05, 0.1) is 12.3 Å². The van der Waals surface area contributed by atoms with Crippen LogP contribution in [0.15, 0.2) is 34.9 Å². The van der Waals surface area contributed by atoms with E-state index in [0.717, 1.165) is 27.7 Å². The Morgan fingerprint density at radius 2 is 1.91 bits per heavy atom. The topological polar surface area (TPSA) is 56.5 Å². The zero-order valence-electron chi connectivity index (χ0n) is 13.6. The second-order valence-electron chi connectivity index (χ2n) is 5.28. The summed E-state index contributed by atoms with van der Waals surface area (Å²) in [7, 11) is 0. The predicted molar refractivity (Wildman–Crippen MR) is 91.7 cm³/mol. The molecule has 2 rings (SSSR count). The molecule has 121 valence electrons. The Balaban J connectivity index is 0.00000264. The van der Waals surface area contributed by atoms with E-state index in [0.29, 0.717) is 6.61 Å². The molecule has 0 spiro atoms. The predicted octanol–water partition coefficient (Wildman–Crippen LogP) is 4.99. The molecule has 1 N–H and O–H groups in total. The van der Waals surface area contributed by atoms with Crippen molar-refractivity contribution < 1.29 is 42.7 Å². The van der Waals surface area contributed by atoms with Gasteiger partial charge < -0.3 is 15.4 Å². The largest absolute Gasteiger partial charge is 0.532 e. The normalized spacial score (nSPS) is 10.7. The maximum Gasteiger partial charge on any atom is 0.115 e. The van der Waals surface area contributed by atoms with Crippen molar-refractivity contribution in [1.82, 2.24) is 4.98 Å². The maximum absolute atomic E-state index is 9.49. The molecule has 0 aliphatic rings. The fraction of sp³-hybridized carbons (Fsp3) is 0.353. The molecule has 0 fully saturated rings. The van der Waals surface area contributed by atoms with Crippen LogP contribution in [0, 0.1) is 0 Å². The van der Waals surface area contributed by atoms with Crippen molar-refractivity contribution in [2.24, 2.45) is 0 Å². The van der Waals surface area contributed by atoms with Crippen molar-refractivity contribution in [2.75, 3.05) is 0 Å². The Kier molecular flexibility index (Phi) is 8.87. The summed E-state index contributed by atoms with van der Waals surface area (Å²) in [6, 6.07) is 7.26. The van der Waals surface area contributed by atoms with E-state index in [9.17, 15) is 5.11 Å². The van der Waals surface area contributed by atoms with Crippen molar-refractivity contribution in [2.45, 2.75) is 39.8 Å². The summed E-state index contributed by atoms with van der Waals surface area (Å²) in [4.78, 5) is 9.89. The maximum atomic E-state index is 9.49. The Bertz CT molecular complexity index is 633. The van der Waals surface area contributed by atoms with Gasteiger partial charge >= 0.3 is 0 Å². The van der Waals surface area contributed by atoms with Crippen molar-refractivity contribution >= 4 is 15.9 Å². The Morgan fingerprint density at radius 1 is 1.26 bits per heavy atom. The molecule has 6 heteroatoms. The van der Waals surface area contributed by atoms with Crippen molar-refractivity contribution in [3.63, 3.8) is 0 Å². The first-order valence-corrected chi connectivity index (χ1v) is 8.10. The minimum Gasteiger partial charge on any atom is -0.532 e. The Morgan fingerprint density at radius 3 is 2.48 bits per heavy atom. The first-order valence-electron chi connectivity index (χ1n) is 7.30. The first kappa shape index (κ1) is 20.7. The van der Waals surface area contributed by atoms with Crippen LogP contribution in [0.3, 0.4) is 0 Å². The molecule has 1 aromatic carbocycles. The number of aromatic hydroxyl groups is 1. The summed E-state index contributed by atoms with van der Waals surface area (Å²) in [6.07, 6.45) is 2.67. The van der Waals surface area contributed by atoms with E-state index in [2.05, 4.69) is 33.3 Å². The van der Waals surface area contributed by atoms with Gasteiger partial charge in [-0.2, -0.15) is 0 Å². The summed E-state index contributed by atoms with van der Waals surface area (Å²) in [5.41, 5.74) is 8.11. The molecule has 1 radical (unpaired) electrons. The number of hydrogen-bond acceptors (Lipinski definition) is 3. The van der Waals surface area contributed by atoms with Crippen LogP contribution in [0.5, 0.6) is 5.75 Å². The molecule has 0 bridgehead atoms. The van der Waals surface area contributed by atoms with Crippen molar-refractivity contribution in [3.05, 3.63) is 51.7 Å². The van der Waals surface area contributed by atoms with Gasteiger partial charge in [-0.15, -0.1) is 6.04 Å². The summed E-state index contributed by atoms with van der Waals surface area (Å²) in [6.45, 7) is 6.36. The number of rotatable bonds is 6.